The van der Waals surface area contributed by atoms with Crippen LogP contribution in [0.3, 0.4) is 0 Å². The maximum atomic E-state index is 12.3. The SMILES string of the molecule is CCCNCCNC(=O)C(C)(C)c1ccc(CC)cc1. The normalized spacial score (nSPS) is 11.4. The molecule has 1 amide bonds. The Hall–Kier alpha value is -1.35. The standard InChI is InChI=1S/C17H28N2O/c1-5-11-18-12-13-19-16(20)17(3,4)15-9-7-14(6-2)8-10-15/h7-10,18H,5-6,11-13H2,1-4H3,(H,19,20). The fourth-order valence-electron chi connectivity index (χ4n) is 2.08. The number of benzene rings is 1. The minimum absolute atomic E-state index is 0.0834. The van der Waals surface area contributed by atoms with E-state index in [0.717, 1.165) is 31.5 Å². The van der Waals surface area contributed by atoms with Gasteiger partial charge in [0.2, 0.25) is 5.91 Å². The third-order valence-electron chi connectivity index (χ3n) is 3.67. The van der Waals surface area contributed by atoms with E-state index in [0.29, 0.717) is 6.54 Å². The molecule has 0 aliphatic carbocycles. The summed E-state index contributed by atoms with van der Waals surface area (Å²) >= 11 is 0. The van der Waals surface area contributed by atoms with Gasteiger partial charge in [-0.3, -0.25) is 4.79 Å². The number of aryl methyl sites for hydroxylation is 1. The molecule has 3 nitrogen and oxygen atoms in total. The van der Waals surface area contributed by atoms with E-state index in [1.54, 1.807) is 0 Å². The van der Waals surface area contributed by atoms with Crippen LogP contribution in [-0.2, 0) is 16.6 Å². The van der Waals surface area contributed by atoms with Crippen LogP contribution in [0.2, 0.25) is 0 Å². The Morgan fingerprint density at radius 1 is 1.05 bits per heavy atom. The van der Waals surface area contributed by atoms with Gasteiger partial charge in [-0.1, -0.05) is 38.1 Å². The highest BCUT2D eigenvalue weighted by Gasteiger charge is 2.29. The second-order valence-corrected chi connectivity index (χ2v) is 5.68. The van der Waals surface area contributed by atoms with E-state index in [-0.39, 0.29) is 5.91 Å². The minimum atomic E-state index is -0.489. The highest BCUT2D eigenvalue weighted by Crippen LogP contribution is 2.23. The minimum Gasteiger partial charge on any atom is -0.354 e. The molecule has 0 heterocycles. The first-order valence-corrected chi connectivity index (χ1v) is 7.60. The van der Waals surface area contributed by atoms with Crippen LogP contribution < -0.4 is 10.6 Å². The van der Waals surface area contributed by atoms with Crippen molar-refractivity contribution in [3.63, 3.8) is 0 Å². The topological polar surface area (TPSA) is 41.1 Å². The van der Waals surface area contributed by atoms with Crippen molar-refractivity contribution < 1.29 is 4.79 Å². The first-order chi connectivity index (χ1) is 9.52. The Kier molecular flexibility index (Phi) is 6.73. The highest BCUT2D eigenvalue weighted by molar-refractivity contribution is 5.87. The number of amides is 1. The van der Waals surface area contributed by atoms with Crippen LogP contribution in [0, 0.1) is 0 Å². The lowest BCUT2D eigenvalue weighted by Crippen LogP contribution is -2.42. The van der Waals surface area contributed by atoms with Gasteiger partial charge >= 0.3 is 0 Å². The predicted molar refractivity (Wildman–Crippen MR) is 85.0 cm³/mol. The summed E-state index contributed by atoms with van der Waals surface area (Å²) in [6.45, 7) is 10.7. The van der Waals surface area contributed by atoms with E-state index in [1.807, 2.05) is 13.8 Å². The summed E-state index contributed by atoms with van der Waals surface area (Å²) in [5, 5.41) is 6.29. The van der Waals surface area contributed by atoms with Crippen molar-refractivity contribution in [3.05, 3.63) is 35.4 Å². The van der Waals surface area contributed by atoms with Crippen LogP contribution in [0.5, 0.6) is 0 Å². The Morgan fingerprint density at radius 2 is 1.70 bits per heavy atom. The molecular formula is C17H28N2O. The second-order valence-electron chi connectivity index (χ2n) is 5.68. The van der Waals surface area contributed by atoms with Gasteiger partial charge in [0.15, 0.2) is 0 Å². The van der Waals surface area contributed by atoms with Gasteiger partial charge in [-0.15, -0.1) is 0 Å². The molecule has 20 heavy (non-hydrogen) atoms. The second kappa shape index (κ2) is 8.05. The molecule has 0 saturated heterocycles. The lowest BCUT2D eigenvalue weighted by molar-refractivity contribution is -0.125. The number of hydrogen-bond acceptors (Lipinski definition) is 2. The Morgan fingerprint density at radius 3 is 2.25 bits per heavy atom. The Labute approximate surface area is 123 Å². The summed E-state index contributed by atoms with van der Waals surface area (Å²) in [4.78, 5) is 12.3. The van der Waals surface area contributed by atoms with Gasteiger partial charge in [-0.05, 0) is 44.4 Å². The molecule has 0 spiro atoms. The van der Waals surface area contributed by atoms with Crippen LogP contribution in [0.15, 0.2) is 24.3 Å². The smallest absolute Gasteiger partial charge is 0.230 e. The molecule has 0 bridgehead atoms. The number of carbonyl (C=O) groups is 1. The zero-order valence-electron chi connectivity index (χ0n) is 13.3. The number of hydrogen-bond donors (Lipinski definition) is 2. The van der Waals surface area contributed by atoms with Crippen molar-refractivity contribution in [3.8, 4) is 0 Å². The molecule has 0 saturated carbocycles. The fraction of sp³-hybridized carbons (Fsp3) is 0.588. The zero-order valence-corrected chi connectivity index (χ0v) is 13.3. The van der Waals surface area contributed by atoms with Crippen LogP contribution in [0.1, 0.15) is 45.2 Å². The van der Waals surface area contributed by atoms with Crippen molar-refractivity contribution in [2.45, 2.75) is 46.0 Å². The molecule has 112 valence electrons. The first-order valence-electron chi connectivity index (χ1n) is 7.60. The fourth-order valence-corrected chi connectivity index (χ4v) is 2.08. The molecule has 1 aromatic rings. The van der Waals surface area contributed by atoms with Crippen molar-refractivity contribution in [1.82, 2.24) is 10.6 Å². The van der Waals surface area contributed by atoms with Gasteiger partial charge in [-0.2, -0.15) is 0 Å². The van der Waals surface area contributed by atoms with Gasteiger partial charge in [-0.25, -0.2) is 0 Å². The van der Waals surface area contributed by atoms with E-state index in [2.05, 4.69) is 48.7 Å². The van der Waals surface area contributed by atoms with Crippen molar-refractivity contribution in [2.75, 3.05) is 19.6 Å². The van der Waals surface area contributed by atoms with Crippen LogP contribution in [0.25, 0.3) is 0 Å². The van der Waals surface area contributed by atoms with E-state index >= 15 is 0 Å². The van der Waals surface area contributed by atoms with Crippen molar-refractivity contribution in [2.24, 2.45) is 0 Å². The predicted octanol–water partition coefficient (Wildman–Crippen LogP) is 2.64. The molecule has 0 aliphatic rings. The van der Waals surface area contributed by atoms with E-state index in [1.165, 1.54) is 5.56 Å². The summed E-state index contributed by atoms with van der Waals surface area (Å²) in [6, 6.07) is 8.34. The average molecular weight is 276 g/mol. The maximum absolute atomic E-state index is 12.3. The van der Waals surface area contributed by atoms with Gasteiger partial charge in [0.1, 0.15) is 0 Å². The van der Waals surface area contributed by atoms with Crippen LogP contribution in [-0.4, -0.2) is 25.5 Å². The summed E-state index contributed by atoms with van der Waals surface area (Å²) in [7, 11) is 0. The monoisotopic (exact) mass is 276 g/mol. The maximum Gasteiger partial charge on any atom is 0.230 e. The molecule has 1 rings (SSSR count). The summed E-state index contributed by atoms with van der Waals surface area (Å²) in [5.74, 6) is 0.0834. The summed E-state index contributed by atoms with van der Waals surface area (Å²) < 4.78 is 0. The van der Waals surface area contributed by atoms with Crippen molar-refractivity contribution in [1.29, 1.82) is 0 Å². The molecule has 0 unspecified atom stereocenters. The molecule has 2 N–H and O–H groups in total. The van der Waals surface area contributed by atoms with E-state index in [4.69, 9.17) is 0 Å². The Balaban J connectivity index is 2.55. The molecule has 0 aliphatic heterocycles. The van der Waals surface area contributed by atoms with Gasteiger partial charge in [0, 0.05) is 13.1 Å². The average Bonchev–Trinajstić information content (AvgIpc) is 2.46. The van der Waals surface area contributed by atoms with Crippen molar-refractivity contribution >= 4 is 5.91 Å². The van der Waals surface area contributed by atoms with Gasteiger partial charge in [0.25, 0.3) is 0 Å². The molecular weight excluding hydrogens is 248 g/mol. The quantitative estimate of drug-likeness (QED) is 0.717. The van der Waals surface area contributed by atoms with Gasteiger partial charge in [0.05, 0.1) is 5.41 Å². The number of rotatable bonds is 8. The molecule has 1 aromatic carbocycles. The van der Waals surface area contributed by atoms with Gasteiger partial charge < -0.3 is 10.6 Å². The third-order valence-corrected chi connectivity index (χ3v) is 3.67. The van der Waals surface area contributed by atoms with Crippen LogP contribution >= 0.6 is 0 Å². The van der Waals surface area contributed by atoms with Crippen LogP contribution in [0.4, 0.5) is 0 Å². The molecule has 0 atom stereocenters. The largest absolute Gasteiger partial charge is 0.354 e. The lowest BCUT2D eigenvalue weighted by atomic mass is 9.83. The molecule has 0 fully saturated rings. The molecule has 3 heteroatoms. The summed E-state index contributed by atoms with van der Waals surface area (Å²) in [5.41, 5.74) is 1.87. The van der Waals surface area contributed by atoms with E-state index < -0.39 is 5.41 Å². The summed E-state index contributed by atoms with van der Waals surface area (Å²) in [6.07, 6.45) is 2.14. The highest BCUT2D eigenvalue weighted by atomic mass is 16.2. The third kappa shape index (κ3) is 4.64. The number of carbonyl (C=O) groups excluding carboxylic acids is 1. The molecule has 0 radical (unpaired) electrons. The number of nitrogens with one attached hydrogen (secondary N) is 2. The molecule has 0 aromatic heterocycles. The first kappa shape index (κ1) is 16.7. The Bertz CT molecular complexity index is 410. The lowest BCUT2D eigenvalue weighted by Gasteiger charge is -2.24. The van der Waals surface area contributed by atoms with E-state index in [9.17, 15) is 4.79 Å². The zero-order chi connectivity index (χ0) is 15.0.